The Morgan fingerprint density at radius 2 is 2.28 bits per heavy atom. The van der Waals surface area contributed by atoms with Crippen LogP contribution >= 0.6 is 11.6 Å². The molecule has 0 saturated carbocycles. The number of hydrogen-bond acceptors (Lipinski definition) is 4. The maximum absolute atomic E-state index is 11.2. The molecule has 0 aliphatic heterocycles. The van der Waals surface area contributed by atoms with Crippen LogP contribution in [0.25, 0.3) is 0 Å². The zero-order valence-electron chi connectivity index (χ0n) is 10.6. The predicted molar refractivity (Wildman–Crippen MR) is 71.9 cm³/mol. The molecule has 0 spiro atoms. The Morgan fingerprint density at radius 1 is 1.56 bits per heavy atom. The molecule has 0 fully saturated rings. The van der Waals surface area contributed by atoms with E-state index in [4.69, 9.17) is 16.3 Å². The lowest BCUT2D eigenvalue weighted by molar-refractivity contribution is -0.145. The number of carbonyl (C=O) groups excluding carboxylic acids is 1. The van der Waals surface area contributed by atoms with Crippen molar-refractivity contribution in [2.45, 2.75) is 26.4 Å². The van der Waals surface area contributed by atoms with Crippen LogP contribution in [0, 0.1) is 6.92 Å². The summed E-state index contributed by atoms with van der Waals surface area (Å²) in [5.74, 6) is -0.394. The average Bonchev–Trinajstić information content (AvgIpc) is 2.30. The van der Waals surface area contributed by atoms with Gasteiger partial charge < -0.3 is 15.2 Å². The first-order chi connectivity index (χ1) is 8.52. The molecule has 1 atom stereocenters. The first kappa shape index (κ1) is 14.8. The number of hydrogen-bond donors (Lipinski definition) is 2. The number of nitrogens with one attached hydrogen (secondary N) is 1. The number of anilines is 1. The SMILES string of the molecule is CCOC(=O)CC(O)CNc1cc(Cl)ccc1C. The first-order valence-corrected chi connectivity index (χ1v) is 6.24. The van der Waals surface area contributed by atoms with Gasteiger partial charge in [0.25, 0.3) is 0 Å². The maximum Gasteiger partial charge on any atom is 0.308 e. The van der Waals surface area contributed by atoms with Crippen LogP contribution in [0.4, 0.5) is 5.69 Å². The molecule has 0 amide bonds. The summed E-state index contributed by atoms with van der Waals surface area (Å²) in [6.45, 7) is 4.28. The molecule has 0 aliphatic carbocycles. The van der Waals surface area contributed by atoms with Crippen LogP contribution in [-0.2, 0) is 9.53 Å². The highest BCUT2D eigenvalue weighted by atomic mass is 35.5. The fourth-order valence-electron chi connectivity index (χ4n) is 1.50. The van der Waals surface area contributed by atoms with Gasteiger partial charge in [-0.15, -0.1) is 0 Å². The number of halogens is 1. The van der Waals surface area contributed by atoms with E-state index in [1.165, 1.54) is 0 Å². The van der Waals surface area contributed by atoms with Gasteiger partial charge in [0.2, 0.25) is 0 Å². The third-order valence-electron chi connectivity index (χ3n) is 2.44. The highest BCUT2D eigenvalue weighted by Crippen LogP contribution is 2.20. The third-order valence-corrected chi connectivity index (χ3v) is 2.67. The molecule has 1 aromatic rings. The van der Waals surface area contributed by atoms with Gasteiger partial charge in [-0.05, 0) is 31.5 Å². The minimum Gasteiger partial charge on any atom is -0.466 e. The van der Waals surface area contributed by atoms with Crippen molar-refractivity contribution in [3.05, 3.63) is 28.8 Å². The zero-order chi connectivity index (χ0) is 13.5. The predicted octanol–water partition coefficient (Wildman–Crippen LogP) is 2.37. The fraction of sp³-hybridized carbons (Fsp3) is 0.462. The highest BCUT2D eigenvalue weighted by molar-refractivity contribution is 6.30. The Kier molecular flexibility index (Phi) is 5.95. The Bertz CT molecular complexity index is 409. The lowest BCUT2D eigenvalue weighted by atomic mass is 10.2. The molecular weight excluding hydrogens is 254 g/mol. The Balaban J connectivity index is 2.44. The molecule has 0 radical (unpaired) electrons. The van der Waals surface area contributed by atoms with E-state index in [0.717, 1.165) is 11.3 Å². The maximum atomic E-state index is 11.2. The molecule has 5 heteroatoms. The van der Waals surface area contributed by atoms with Gasteiger partial charge in [-0.1, -0.05) is 17.7 Å². The van der Waals surface area contributed by atoms with Crippen molar-refractivity contribution in [3.8, 4) is 0 Å². The first-order valence-electron chi connectivity index (χ1n) is 5.86. The molecule has 1 unspecified atom stereocenters. The van der Waals surface area contributed by atoms with Crippen LogP contribution in [0.3, 0.4) is 0 Å². The second-order valence-corrected chi connectivity index (χ2v) is 4.44. The molecule has 1 rings (SSSR count). The van der Waals surface area contributed by atoms with E-state index < -0.39 is 12.1 Å². The van der Waals surface area contributed by atoms with Gasteiger partial charge in [0.05, 0.1) is 19.1 Å². The molecule has 0 bridgehead atoms. The lowest BCUT2D eigenvalue weighted by Gasteiger charge is -2.14. The third kappa shape index (κ3) is 4.94. The van der Waals surface area contributed by atoms with Gasteiger partial charge in [-0.3, -0.25) is 4.79 Å². The standard InChI is InChI=1S/C13H18ClNO3/c1-3-18-13(17)7-11(16)8-15-12-6-10(14)5-4-9(12)2/h4-6,11,15-16H,3,7-8H2,1-2H3. The van der Waals surface area contributed by atoms with E-state index in [2.05, 4.69) is 5.32 Å². The van der Waals surface area contributed by atoms with Gasteiger partial charge in [-0.25, -0.2) is 0 Å². The molecule has 0 aromatic heterocycles. The lowest BCUT2D eigenvalue weighted by Crippen LogP contribution is -2.24. The minimum atomic E-state index is -0.776. The second-order valence-electron chi connectivity index (χ2n) is 4.00. The topological polar surface area (TPSA) is 58.6 Å². The minimum absolute atomic E-state index is 0.0134. The number of benzene rings is 1. The molecule has 4 nitrogen and oxygen atoms in total. The van der Waals surface area contributed by atoms with Crippen molar-refractivity contribution in [2.24, 2.45) is 0 Å². The van der Waals surface area contributed by atoms with Gasteiger partial charge in [0.1, 0.15) is 0 Å². The summed E-state index contributed by atoms with van der Waals surface area (Å²) in [5.41, 5.74) is 1.88. The van der Waals surface area contributed by atoms with Crippen molar-refractivity contribution >= 4 is 23.3 Å². The molecule has 18 heavy (non-hydrogen) atoms. The van der Waals surface area contributed by atoms with Crippen molar-refractivity contribution in [2.75, 3.05) is 18.5 Å². The van der Waals surface area contributed by atoms with Crippen molar-refractivity contribution in [1.82, 2.24) is 0 Å². The van der Waals surface area contributed by atoms with Crippen molar-refractivity contribution < 1.29 is 14.6 Å². The summed E-state index contributed by atoms with van der Waals surface area (Å²) in [6, 6.07) is 5.48. The van der Waals surface area contributed by atoms with Crippen LogP contribution in [0.15, 0.2) is 18.2 Å². The van der Waals surface area contributed by atoms with Crippen molar-refractivity contribution in [3.63, 3.8) is 0 Å². The highest BCUT2D eigenvalue weighted by Gasteiger charge is 2.11. The number of aliphatic hydroxyl groups excluding tert-OH is 1. The monoisotopic (exact) mass is 271 g/mol. The molecule has 0 saturated heterocycles. The molecule has 0 aliphatic rings. The molecule has 100 valence electrons. The smallest absolute Gasteiger partial charge is 0.308 e. The van der Waals surface area contributed by atoms with Gasteiger partial charge in [0, 0.05) is 17.3 Å². The summed E-state index contributed by atoms with van der Waals surface area (Å²) in [7, 11) is 0. The average molecular weight is 272 g/mol. The number of rotatable bonds is 6. The van der Waals surface area contributed by atoms with E-state index in [1.807, 2.05) is 13.0 Å². The van der Waals surface area contributed by atoms with E-state index in [0.29, 0.717) is 11.6 Å². The van der Waals surface area contributed by atoms with Crippen LogP contribution in [0.5, 0.6) is 0 Å². The van der Waals surface area contributed by atoms with Gasteiger partial charge in [0.15, 0.2) is 0 Å². The normalized spacial score (nSPS) is 12.0. The van der Waals surface area contributed by atoms with E-state index in [9.17, 15) is 9.90 Å². The summed E-state index contributed by atoms with van der Waals surface area (Å²) in [6.07, 6.45) is -0.789. The number of ether oxygens (including phenoxy) is 1. The summed E-state index contributed by atoms with van der Waals surface area (Å²) in [5, 5.41) is 13.4. The molecule has 0 heterocycles. The van der Waals surface area contributed by atoms with Crippen LogP contribution in [0.2, 0.25) is 5.02 Å². The van der Waals surface area contributed by atoms with Crippen LogP contribution in [-0.4, -0.2) is 30.3 Å². The van der Waals surface area contributed by atoms with Crippen LogP contribution in [0.1, 0.15) is 18.9 Å². The quantitative estimate of drug-likeness (QED) is 0.780. The number of carbonyl (C=O) groups is 1. The Morgan fingerprint density at radius 3 is 2.94 bits per heavy atom. The van der Waals surface area contributed by atoms with Gasteiger partial charge in [-0.2, -0.15) is 0 Å². The number of esters is 1. The molecular formula is C13H18ClNO3. The Labute approximate surface area is 112 Å². The van der Waals surface area contributed by atoms with E-state index in [1.54, 1.807) is 19.1 Å². The van der Waals surface area contributed by atoms with E-state index >= 15 is 0 Å². The number of aryl methyl sites for hydroxylation is 1. The Hall–Kier alpha value is -1.26. The van der Waals surface area contributed by atoms with Crippen molar-refractivity contribution in [1.29, 1.82) is 0 Å². The van der Waals surface area contributed by atoms with E-state index in [-0.39, 0.29) is 13.0 Å². The molecule has 2 N–H and O–H groups in total. The fourth-order valence-corrected chi connectivity index (χ4v) is 1.67. The number of aliphatic hydroxyl groups is 1. The summed E-state index contributed by atoms with van der Waals surface area (Å²) >= 11 is 5.88. The summed E-state index contributed by atoms with van der Waals surface area (Å²) < 4.78 is 4.76. The molecule has 1 aromatic carbocycles. The second kappa shape index (κ2) is 7.24. The van der Waals surface area contributed by atoms with Gasteiger partial charge >= 0.3 is 5.97 Å². The summed E-state index contributed by atoms with van der Waals surface area (Å²) in [4.78, 5) is 11.2. The van der Waals surface area contributed by atoms with Crippen LogP contribution < -0.4 is 5.32 Å². The largest absolute Gasteiger partial charge is 0.466 e. The zero-order valence-corrected chi connectivity index (χ0v) is 11.3.